The molecule has 7 heteroatoms. The van der Waals surface area contributed by atoms with Crippen LogP contribution >= 0.6 is 0 Å². The molecule has 32 heavy (non-hydrogen) atoms. The molecule has 0 amide bonds. The molecule has 1 aromatic rings. The lowest BCUT2D eigenvalue weighted by Gasteiger charge is -2.23. The first-order valence-corrected chi connectivity index (χ1v) is 11.4. The molecule has 1 aliphatic rings. The molecule has 0 aliphatic carbocycles. The number of rotatable bonds is 6. The van der Waals surface area contributed by atoms with E-state index in [2.05, 4.69) is 18.8 Å². The normalized spacial score (nSPS) is 26.0. The van der Waals surface area contributed by atoms with Crippen molar-refractivity contribution in [2.75, 3.05) is 0 Å². The number of aliphatic hydroxyl groups is 1. The highest BCUT2D eigenvalue weighted by Gasteiger charge is 2.23. The number of aromatic amines is 1. The number of aliphatic hydroxyl groups excluding tert-OH is 1. The van der Waals surface area contributed by atoms with Crippen molar-refractivity contribution in [2.24, 2.45) is 16.8 Å². The lowest BCUT2D eigenvalue weighted by Crippen LogP contribution is -2.18. The van der Waals surface area contributed by atoms with Crippen molar-refractivity contribution in [1.29, 1.82) is 0 Å². The van der Waals surface area contributed by atoms with E-state index in [-0.39, 0.29) is 23.7 Å². The molecule has 0 bridgehead atoms. The Morgan fingerprint density at radius 1 is 1.28 bits per heavy atom. The van der Waals surface area contributed by atoms with Gasteiger partial charge in [0.2, 0.25) is 5.56 Å². The van der Waals surface area contributed by atoms with Gasteiger partial charge in [0.05, 0.1) is 11.4 Å². The first-order chi connectivity index (χ1) is 15.1. The molecular formula is C25H35FN2O4. The molecule has 6 nitrogen and oxygen atoms in total. The zero-order chi connectivity index (χ0) is 24.0. The number of carbonyl (C=O) groups is 1. The van der Waals surface area contributed by atoms with Crippen LogP contribution in [-0.2, 0) is 4.79 Å². The largest absolute Gasteiger partial charge is 0.479 e. The highest BCUT2D eigenvalue weighted by molar-refractivity contribution is 6.03. The van der Waals surface area contributed by atoms with Gasteiger partial charge in [-0.1, -0.05) is 40.5 Å². The molecule has 2 rings (SSSR count). The van der Waals surface area contributed by atoms with Gasteiger partial charge in [-0.05, 0) is 61.6 Å². The van der Waals surface area contributed by atoms with Crippen molar-refractivity contribution >= 4 is 17.4 Å². The van der Waals surface area contributed by atoms with E-state index in [0.29, 0.717) is 41.4 Å². The SMILES string of the molecule is CC/C1=C(c2cc([C@H](O)C(=O)O)cc(=O)[nH]2)/N=C(/C(C)=C(/F)CC)CC(C)CCCC1C. The molecular weight excluding hydrogens is 411 g/mol. The number of carboxylic acids is 1. The number of nitrogens with zero attached hydrogens (tertiary/aromatic N) is 1. The molecule has 3 N–H and O–H groups in total. The summed E-state index contributed by atoms with van der Waals surface area (Å²) in [6.07, 6.45) is 2.74. The quantitative estimate of drug-likeness (QED) is 0.533. The summed E-state index contributed by atoms with van der Waals surface area (Å²) in [6.45, 7) is 9.75. The minimum Gasteiger partial charge on any atom is -0.479 e. The van der Waals surface area contributed by atoms with Gasteiger partial charge in [-0.15, -0.1) is 0 Å². The summed E-state index contributed by atoms with van der Waals surface area (Å²) in [5.41, 5.74) is 2.49. The first kappa shape index (κ1) is 25.7. The van der Waals surface area contributed by atoms with E-state index in [1.807, 2.05) is 6.92 Å². The minimum absolute atomic E-state index is 0.0129. The van der Waals surface area contributed by atoms with Crippen LogP contribution < -0.4 is 5.56 Å². The zero-order valence-corrected chi connectivity index (χ0v) is 19.7. The third kappa shape index (κ3) is 6.25. The van der Waals surface area contributed by atoms with Gasteiger partial charge in [0.15, 0.2) is 6.10 Å². The summed E-state index contributed by atoms with van der Waals surface area (Å²) >= 11 is 0. The average molecular weight is 447 g/mol. The predicted octanol–water partition coefficient (Wildman–Crippen LogP) is 5.55. The number of aliphatic carboxylic acids is 1. The van der Waals surface area contributed by atoms with E-state index in [1.54, 1.807) is 13.8 Å². The molecule has 0 radical (unpaired) electrons. The number of H-pyrrole nitrogens is 1. The van der Waals surface area contributed by atoms with Gasteiger partial charge in [-0.2, -0.15) is 0 Å². The summed E-state index contributed by atoms with van der Waals surface area (Å²) in [5, 5.41) is 19.2. The second-order valence-electron chi connectivity index (χ2n) is 8.74. The summed E-state index contributed by atoms with van der Waals surface area (Å²) in [6, 6.07) is 2.54. The van der Waals surface area contributed by atoms with E-state index in [1.165, 1.54) is 6.07 Å². The van der Waals surface area contributed by atoms with E-state index >= 15 is 0 Å². The Kier molecular flexibility index (Phi) is 9.13. The van der Waals surface area contributed by atoms with E-state index in [9.17, 15) is 24.2 Å². The Balaban J connectivity index is 2.84. The van der Waals surface area contributed by atoms with Crippen LogP contribution in [0, 0.1) is 11.8 Å². The molecule has 0 saturated carbocycles. The topological polar surface area (TPSA) is 103 Å². The summed E-state index contributed by atoms with van der Waals surface area (Å²) in [4.78, 5) is 31.3. The number of allylic oxidation sites excluding steroid dienone is 3. The van der Waals surface area contributed by atoms with Crippen LogP contribution in [0.2, 0.25) is 0 Å². The van der Waals surface area contributed by atoms with Crippen LogP contribution in [0.1, 0.15) is 90.5 Å². The Bertz CT molecular complexity index is 990. The van der Waals surface area contributed by atoms with Crippen LogP contribution in [0.4, 0.5) is 4.39 Å². The van der Waals surface area contributed by atoms with Gasteiger partial charge in [-0.25, -0.2) is 9.18 Å². The zero-order valence-electron chi connectivity index (χ0n) is 19.7. The Morgan fingerprint density at radius 2 is 1.97 bits per heavy atom. The summed E-state index contributed by atoms with van der Waals surface area (Å²) in [5.74, 6) is -1.15. The van der Waals surface area contributed by atoms with Crippen molar-refractivity contribution in [2.45, 2.75) is 79.2 Å². The Labute approximate surface area is 189 Å². The maximum Gasteiger partial charge on any atom is 0.337 e. The van der Waals surface area contributed by atoms with Crippen LogP contribution in [0.15, 0.2) is 38.9 Å². The van der Waals surface area contributed by atoms with E-state index in [4.69, 9.17) is 4.99 Å². The smallest absolute Gasteiger partial charge is 0.337 e. The standard InChI is InChI=1S/C25H35FN2O4/c1-6-18-15(4)10-8-9-14(3)11-20(16(5)19(26)7-2)28-23(18)21-12-17(13-22(29)27-21)24(30)25(31)32/h12-15,24,30H,6-11H2,1-5H3,(H,27,29)(H,31,32)/b19-16+,23-18-,28-20+/t14?,15?,24-/m0/s1. The lowest BCUT2D eigenvalue weighted by molar-refractivity contribution is -0.146. The fourth-order valence-corrected chi connectivity index (χ4v) is 4.27. The van der Waals surface area contributed by atoms with E-state index < -0.39 is 17.6 Å². The maximum absolute atomic E-state index is 14.6. The second kappa shape index (κ2) is 11.4. The Hall–Kier alpha value is -2.54. The first-order valence-electron chi connectivity index (χ1n) is 11.4. The van der Waals surface area contributed by atoms with Crippen LogP contribution in [-0.4, -0.2) is 26.9 Å². The third-order valence-electron chi connectivity index (χ3n) is 6.22. The number of carboxylic acid groups (broad SMARTS) is 1. The minimum atomic E-state index is -1.82. The summed E-state index contributed by atoms with van der Waals surface area (Å²) < 4.78 is 14.6. The number of nitrogens with one attached hydrogen (secondary N) is 1. The van der Waals surface area contributed by atoms with Gasteiger partial charge >= 0.3 is 5.97 Å². The van der Waals surface area contributed by atoms with Gasteiger partial charge in [0, 0.05) is 17.4 Å². The molecule has 2 unspecified atom stereocenters. The molecule has 1 aliphatic heterocycles. The van der Waals surface area contributed by atoms with Crippen molar-refractivity contribution in [3.8, 4) is 0 Å². The van der Waals surface area contributed by atoms with Gasteiger partial charge < -0.3 is 15.2 Å². The number of hydrogen-bond acceptors (Lipinski definition) is 4. The number of aromatic nitrogens is 1. The monoisotopic (exact) mass is 446 g/mol. The maximum atomic E-state index is 14.6. The molecule has 2 heterocycles. The Morgan fingerprint density at radius 3 is 2.56 bits per heavy atom. The van der Waals surface area contributed by atoms with E-state index in [0.717, 1.165) is 30.9 Å². The molecule has 1 aromatic heterocycles. The van der Waals surface area contributed by atoms with Crippen molar-refractivity contribution in [1.82, 2.24) is 4.98 Å². The lowest BCUT2D eigenvalue weighted by atomic mass is 9.86. The third-order valence-corrected chi connectivity index (χ3v) is 6.22. The molecule has 176 valence electrons. The summed E-state index contributed by atoms with van der Waals surface area (Å²) in [7, 11) is 0. The number of halogens is 1. The second-order valence-corrected chi connectivity index (χ2v) is 8.74. The molecule has 0 spiro atoms. The number of pyridine rings is 1. The highest BCUT2D eigenvalue weighted by atomic mass is 19.1. The number of hydrogen-bond donors (Lipinski definition) is 3. The predicted molar refractivity (Wildman–Crippen MR) is 125 cm³/mol. The van der Waals surface area contributed by atoms with Crippen molar-refractivity contribution in [3.63, 3.8) is 0 Å². The molecule has 3 atom stereocenters. The van der Waals surface area contributed by atoms with Gasteiger partial charge in [0.1, 0.15) is 5.83 Å². The van der Waals surface area contributed by atoms with Crippen LogP contribution in [0.25, 0.3) is 5.70 Å². The fourth-order valence-electron chi connectivity index (χ4n) is 4.27. The fraction of sp³-hybridized carbons (Fsp3) is 0.560. The van der Waals surface area contributed by atoms with Crippen molar-refractivity contribution in [3.05, 3.63) is 50.7 Å². The van der Waals surface area contributed by atoms with Crippen LogP contribution in [0.5, 0.6) is 0 Å². The van der Waals surface area contributed by atoms with Gasteiger partial charge in [0.25, 0.3) is 0 Å². The van der Waals surface area contributed by atoms with Gasteiger partial charge in [-0.3, -0.25) is 9.79 Å². The molecule has 0 aromatic carbocycles. The number of aliphatic imine (C=N–C) groups is 1. The molecule has 0 fully saturated rings. The van der Waals surface area contributed by atoms with Crippen molar-refractivity contribution < 1.29 is 19.4 Å². The average Bonchev–Trinajstić information content (AvgIpc) is 2.75. The highest BCUT2D eigenvalue weighted by Crippen LogP contribution is 2.34. The van der Waals surface area contributed by atoms with Crippen LogP contribution in [0.3, 0.4) is 0 Å². The molecule has 0 saturated heterocycles.